The van der Waals surface area contributed by atoms with E-state index in [1.165, 1.54) is 18.2 Å². The molecule has 0 amide bonds. The maximum absolute atomic E-state index is 12.3. The molecule has 3 rings (SSSR count). The van der Waals surface area contributed by atoms with Crippen LogP contribution in [0.3, 0.4) is 0 Å². The van der Waals surface area contributed by atoms with Crippen molar-refractivity contribution in [2.75, 3.05) is 26.7 Å². The predicted molar refractivity (Wildman–Crippen MR) is 113 cm³/mol. The molecule has 1 saturated heterocycles. The maximum Gasteiger partial charge on any atom is 0.323 e. The number of ether oxygens (including phenoxy) is 1. The summed E-state index contributed by atoms with van der Waals surface area (Å²) in [4.78, 5) is 17.0. The topological polar surface area (TPSA) is 32.8 Å². The lowest BCUT2D eigenvalue weighted by Crippen LogP contribution is -2.41. The van der Waals surface area contributed by atoms with Gasteiger partial charge in [0.05, 0.1) is 7.11 Å². The Morgan fingerprint density at radius 3 is 2.00 bits per heavy atom. The summed E-state index contributed by atoms with van der Waals surface area (Å²) in [7, 11) is 1.48. The van der Waals surface area contributed by atoms with E-state index >= 15 is 0 Å². The average molecular weight is 411 g/mol. The number of hydrogen-bond acceptors (Lipinski definition) is 4. The highest BCUT2D eigenvalue weighted by molar-refractivity contribution is 5.85. The minimum atomic E-state index is -0.175. The quantitative estimate of drug-likeness (QED) is 0.702. The van der Waals surface area contributed by atoms with E-state index < -0.39 is 0 Å². The lowest BCUT2D eigenvalue weighted by atomic mass is 10.1. The molecule has 1 unspecified atom stereocenters. The first kappa shape index (κ1) is 23.4. The number of carbonyl (C=O) groups excluding carboxylic acids is 1. The SMILES string of the molecule is COC(=O)C1CCN(Cc2ccccc2)CCN1Cc1ccccc1.Cl.Cl. The van der Waals surface area contributed by atoms with Gasteiger partial charge in [-0.2, -0.15) is 0 Å². The van der Waals surface area contributed by atoms with E-state index in [1.807, 2.05) is 24.3 Å². The fourth-order valence-corrected chi connectivity index (χ4v) is 3.43. The predicted octanol–water partition coefficient (Wildman–Crippen LogP) is 3.78. The summed E-state index contributed by atoms with van der Waals surface area (Å²) in [6.45, 7) is 4.42. The molecule has 4 nitrogen and oxygen atoms in total. The second-order valence-electron chi connectivity index (χ2n) is 6.55. The van der Waals surface area contributed by atoms with Crippen molar-refractivity contribution in [2.24, 2.45) is 0 Å². The summed E-state index contributed by atoms with van der Waals surface area (Å²) in [6.07, 6.45) is 0.798. The standard InChI is InChI=1S/C21H26N2O2.2ClH/c1-25-21(24)20-12-13-22(16-18-8-4-2-5-9-18)14-15-23(20)17-19-10-6-3-7-11-19;;/h2-11,20H,12-17H2,1H3;2*1H. The smallest absolute Gasteiger partial charge is 0.323 e. The van der Waals surface area contributed by atoms with E-state index in [9.17, 15) is 4.79 Å². The van der Waals surface area contributed by atoms with Gasteiger partial charge in [0, 0.05) is 32.7 Å². The van der Waals surface area contributed by atoms with Gasteiger partial charge in [0.1, 0.15) is 6.04 Å². The van der Waals surface area contributed by atoms with Gasteiger partial charge in [0.15, 0.2) is 0 Å². The normalized spacial score (nSPS) is 17.9. The molecule has 0 saturated carbocycles. The lowest BCUT2D eigenvalue weighted by molar-refractivity contribution is -0.147. The first-order valence-corrected chi connectivity index (χ1v) is 8.88. The molecule has 0 aromatic heterocycles. The lowest BCUT2D eigenvalue weighted by Gasteiger charge is -2.27. The van der Waals surface area contributed by atoms with Gasteiger partial charge in [-0.05, 0) is 17.5 Å². The van der Waals surface area contributed by atoms with Crippen LogP contribution in [0.15, 0.2) is 60.7 Å². The van der Waals surface area contributed by atoms with Crippen molar-refractivity contribution in [1.82, 2.24) is 9.80 Å². The second kappa shape index (κ2) is 12.0. The Kier molecular flexibility index (Phi) is 10.4. The summed E-state index contributed by atoms with van der Waals surface area (Å²) in [6, 6.07) is 20.7. The molecule has 0 radical (unpaired) electrons. The van der Waals surface area contributed by atoms with Crippen molar-refractivity contribution >= 4 is 30.8 Å². The third-order valence-corrected chi connectivity index (χ3v) is 4.81. The van der Waals surface area contributed by atoms with Gasteiger partial charge < -0.3 is 4.74 Å². The minimum Gasteiger partial charge on any atom is -0.468 e. The molecule has 0 N–H and O–H groups in total. The maximum atomic E-state index is 12.3. The van der Waals surface area contributed by atoms with E-state index in [2.05, 4.69) is 46.2 Å². The Bertz CT molecular complexity index is 670. The molecular weight excluding hydrogens is 383 g/mol. The molecule has 2 aromatic rings. The molecule has 1 atom stereocenters. The largest absolute Gasteiger partial charge is 0.468 e. The summed E-state index contributed by atoms with van der Waals surface area (Å²) in [5.74, 6) is -0.127. The highest BCUT2D eigenvalue weighted by atomic mass is 35.5. The minimum absolute atomic E-state index is 0. The molecule has 0 spiro atoms. The van der Waals surface area contributed by atoms with E-state index in [4.69, 9.17) is 4.74 Å². The zero-order valence-electron chi connectivity index (χ0n) is 15.6. The van der Waals surface area contributed by atoms with Gasteiger partial charge >= 0.3 is 5.97 Å². The van der Waals surface area contributed by atoms with Crippen LogP contribution in [0, 0.1) is 0 Å². The Labute approximate surface area is 174 Å². The molecule has 1 heterocycles. The number of esters is 1. The van der Waals surface area contributed by atoms with Crippen LogP contribution in [0.1, 0.15) is 17.5 Å². The Morgan fingerprint density at radius 2 is 1.44 bits per heavy atom. The van der Waals surface area contributed by atoms with E-state index in [-0.39, 0.29) is 36.8 Å². The third-order valence-electron chi connectivity index (χ3n) is 4.81. The molecule has 2 aromatic carbocycles. The molecule has 27 heavy (non-hydrogen) atoms. The molecule has 6 heteroatoms. The highest BCUT2D eigenvalue weighted by Gasteiger charge is 2.30. The summed E-state index contributed by atoms with van der Waals surface area (Å²) in [5, 5.41) is 0. The van der Waals surface area contributed by atoms with Gasteiger partial charge in [-0.3, -0.25) is 14.6 Å². The zero-order valence-corrected chi connectivity index (χ0v) is 17.3. The van der Waals surface area contributed by atoms with Crippen LogP contribution in [0.25, 0.3) is 0 Å². The number of nitrogens with zero attached hydrogens (tertiary/aromatic N) is 2. The molecule has 1 fully saturated rings. The Balaban J connectivity index is 0.00000182. The number of benzene rings is 2. The van der Waals surface area contributed by atoms with Crippen molar-refractivity contribution in [3.05, 3.63) is 71.8 Å². The zero-order chi connectivity index (χ0) is 17.5. The second-order valence-corrected chi connectivity index (χ2v) is 6.55. The monoisotopic (exact) mass is 410 g/mol. The molecule has 148 valence electrons. The molecule has 1 aliphatic rings. The van der Waals surface area contributed by atoms with Crippen molar-refractivity contribution in [3.8, 4) is 0 Å². The third kappa shape index (κ3) is 6.82. The van der Waals surface area contributed by atoms with Crippen molar-refractivity contribution in [1.29, 1.82) is 0 Å². The van der Waals surface area contributed by atoms with Gasteiger partial charge in [-0.15, -0.1) is 24.8 Å². The summed E-state index contributed by atoms with van der Waals surface area (Å²) in [5.41, 5.74) is 2.54. The first-order chi connectivity index (χ1) is 12.3. The number of rotatable bonds is 5. The molecule has 0 bridgehead atoms. The van der Waals surface area contributed by atoms with E-state index in [0.717, 1.165) is 39.1 Å². The van der Waals surface area contributed by atoms with Crippen LogP contribution in [-0.2, 0) is 22.6 Å². The van der Waals surface area contributed by atoms with E-state index in [0.29, 0.717) is 0 Å². The number of hydrogen-bond donors (Lipinski definition) is 0. The van der Waals surface area contributed by atoms with Crippen LogP contribution in [0.5, 0.6) is 0 Å². The van der Waals surface area contributed by atoms with Gasteiger partial charge in [0.25, 0.3) is 0 Å². The molecule has 0 aliphatic carbocycles. The van der Waals surface area contributed by atoms with Gasteiger partial charge in [-0.1, -0.05) is 60.7 Å². The van der Waals surface area contributed by atoms with Crippen LogP contribution < -0.4 is 0 Å². The van der Waals surface area contributed by atoms with Crippen LogP contribution >= 0.6 is 24.8 Å². The Morgan fingerprint density at radius 1 is 0.889 bits per heavy atom. The number of halogens is 2. The first-order valence-electron chi connectivity index (χ1n) is 8.88. The number of methoxy groups -OCH3 is 1. The van der Waals surface area contributed by atoms with Crippen LogP contribution in [-0.4, -0.2) is 48.6 Å². The average Bonchev–Trinajstić information content (AvgIpc) is 2.85. The molecular formula is C21H28Cl2N2O2. The molecule has 1 aliphatic heterocycles. The Hall–Kier alpha value is -1.59. The van der Waals surface area contributed by atoms with E-state index in [1.54, 1.807) is 0 Å². The van der Waals surface area contributed by atoms with Crippen molar-refractivity contribution < 1.29 is 9.53 Å². The van der Waals surface area contributed by atoms with Crippen LogP contribution in [0.2, 0.25) is 0 Å². The fraction of sp³-hybridized carbons (Fsp3) is 0.381. The number of carbonyl (C=O) groups is 1. The fourth-order valence-electron chi connectivity index (χ4n) is 3.43. The summed E-state index contributed by atoms with van der Waals surface area (Å²) < 4.78 is 5.07. The van der Waals surface area contributed by atoms with Crippen LogP contribution in [0.4, 0.5) is 0 Å². The highest BCUT2D eigenvalue weighted by Crippen LogP contribution is 2.18. The summed E-state index contributed by atoms with van der Waals surface area (Å²) >= 11 is 0. The van der Waals surface area contributed by atoms with Gasteiger partial charge in [-0.25, -0.2) is 0 Å². The van der Waals surface area contributed by atoms with Crippen molar-refractivity contribution in [2.45, 2.75) is 25.6 Å². The van der Waals surface area contributed by atoms with Crippen molar-refractivity contribution in [3.63, 3.8) is 0 Å². The van der Waals surface area contributed by atoms with Gasteiger partial charge in [0.2, 0.25) is 0 Å².